The Hall–Kier alpha value is -2.50. The van der Waals surface area contributed by atoms with Gasteiger partial charge in [-0.05, 0) is 30.0 Å². The fourth-order valence-corrected chi connectivity index (χ4v) is 1.79. The summed E-state index contributed by atoms with van der Waals surface area (Å²) in [4.78, 5) is 24.2. The van der Waals surface area contributed by atoms with E-state index in [1.54, 1.807) is 18.6 Å². The Morgan fingerprint density at radius 1 is 1.18 bits per heavy atom. The zero-order valence-electron chi connectivity index (χ0n) is 12.9. The molecule has 116 valence electrons. The topological polar surface area (TPSA) is 79.8 Å². The molecule has 2 rings (SSSR count). The summed E-state index contributed by atoms with van der Waals surface area (Å²) in [5.41, 5.74) is 1.44. The highest BCUT2D eigenvalue weighted by molar-refractivity contribution is 5.91. The maximum absolute atomic E-state index is 11.9. The van der Waals surface area contributed by atoms with E-state index in [2.05, 4.69) is 39.4 Å². The van der Waals surface area contributed by atoms with Crippen molar-refractivity contribution in [2.45, 2.75) is 26.8 Å². The third-order valence-corrected chi connectivity index (χ3v) is 3.11. The number of hydrogen-bond acceptors (Lipinski definition) is 5. The van der Waals surface area contributed by atoms with E-state index in [4.69, 9.17) is 0 Å². The summed E-state index contributed by atoms with van der Waals surface area (Å²) in [6, 6.07) is 3.86. The third kappa shape index (κ3) is 5.12. The number of carbonyl (C=O) groups is 1. The van der Waals surface area contributed by atoms with Crippen LogP contribution in [0, 0.1) is 5.92 Å². The molecule has 0 atom stereocenters. The number of hydrogen-bond donors (Lipinski definition) is 2. The van der Waals surface area contributed by atoms with Crippen molar-refractivity contribution < 1.29 is 4.79 Å². The quantitative estimate of drug-likeness (QED) is 0.819. The van der Waals surface area contributed by atoms with Gasteiger partial charge in [0, 0.05) is 25.5 Å². The second-order valence-corrected chi connectivity index (χ2v) is 5.43. The van der Waals surface area contributed by atoms with Gasteiger partial charge in [0.2, 0.25) is 0 Å². The Morgan fingerprint density at radius 3 is 2.59 bits per heavy atom. The Morgan fingerprint density at radius 2 is 1.95 bits per heavy atom. The fourth-order valence-electron chi connectivity index (χ4n) is 1.79. The number of rotatable bonds is 7. The lowest BCUT2D eigenvalue weighted by Crippen LogP contribution is -2.26. The van der Waals surface area contributed by atoms with Crippen LogP contribution >= 0.6 is 0 Å². The molecule has 6 heteroatoms. The van der Waals surface area contributed by atoms with Crippen LogP contribution in [0.15, 0.2) is 36.9 Å². The van der Waals surface area contributed by atoms with Gasteiger partial charge >= 0.3 is 0 Å². The van der Waals surface area contributed by atoms with Gasteiger partial charge < -0.3 is 10.6 Å². The lowest BCUT2D eigenvalue weighted by Gasteiger charge is -2.08. The molecular weight excluding hydrogens is 278 g/mol. The largest absolute Gasteiger partial charge is 0.365 e. The molecule has 0 fully saturated rings. The molecule has 0 radical (unpaired) electrons. The van der Waals surface area contributed by atoms with E-state index >= 15 is 0 Å². The third-order valence-electron chi connectivity index (χ3n) is 3.11. The van der Waals surface area contributed by atoms with E-state index in [9.17, 15) is 4.79 Å². The minimum Gasteiger partial charge on any atom is -0.365 e. The predicted octanol–water partition coefficient (Wildman–Crippen LogP) is 2.26. The molecule has 2 aromatic rings. The summed E-state index contributed by atoms with van der Waals surface area (Å²) < 4.78 is 0. The maximum atomic E-state index is 11.9. The SMILES string of the molecule is CC(C)CCNC(=O)c1cnc(NCc2ccncc2)cn1. The minimum absolute atomic E-state index is 0.186. The van der Waals surface area contributed by atoms with Crippen LogP contribution in [0.1, 0.15) is 36.3 Å². The van der Waals surface area contributed by atoms with Crippen molar-refractivity contribution in [3.05, 3.63) is 48.2 Å². The molecule has 2 heterocycles. The van der Waals surface area contributed by atoms with Crippen molar-refractivity contribution in [3.8, 4) is 0 Å². The number of aromatic nitrogens is 3. The molecule has 0 bridgehead atoms. The van der Waals surface area contributed by atoms with Gasteiger partial charge in [0.05, 0.1) is 12.4 Å². The van der Waals surface area contributed by atoms with Gasteiger partial charge in [-0.2, -0.15) is 0 Å². The number of nitrogens with zero attached hydrogens (tertiary/aromatic N) is 3. The first kappa shape index (κ1) is 15.9. The Bertz CT molecular complexity index is 583. The lowest BCUT2D eigenvalue weighted by atomic mass is 10.1. The van der Waals surface area contributed by atoms with Crippen molar-refractivity contribution in [2.75, 3.05) is 11.9 Å². The van der Waals surface area contributed by atoms with Gasteiger partial charge in [-0.3, -0.25) is 9.78 Å². The van der Waals surface area contributed by atoms with Crippen molar-refractivity contribution in [3.63, 3.8) is 0 Å². The Kier molecular flexibility index (Phi) is 5.82. The van der Waals surface area contributed by atoms with Gasteiger partial charge in [-0.25, -0.2) is 9.97 Å². The molecule has 1 amide bonds. The van der Waals surface area contributed by atoms with E-state index in [-0.39, 0.29) is 5.91 Å². The molecule has 0 aliphatic carbocycles. The zero-order chi connectivity index (χ0) is 15.8. The zero-order valence-corrected chi connectivity index (χ0v) is 12.9. The maximum Gasteiger partial charge on any atom is 0.271 e. The lowest BCUT2D eigenvalue weighted by molar-refractivity contribution is 0.0946. The summed E-state index contributed by atoms with van der Waals surface area (Å²) >= 11 is 0. The van der Waals surface area contributed by atoms with Crippen molar-refractivity contribution in [2.24, 2.45) is 5.92 Å². The van der Waals surface area contributed by atoms with E-state index in [0.29, 0.717) is 30.5 Å². The van der Waals surface area contributed by atoms with Crippen LogP contribution in [0.25, 0.3) is 0 Å². The van der Waals surface area contributed by atoms with Crippen LogP contribution in [0.2, 0.25) is 0 Å². The molecule has 0 spiro atoms. The highest BCUT2D eigenvalue weighted by Crippen LogP contribution is 2.05. The van der Waals surface area contributed by atoms with Gasteiger partial charge in [-0.15, -0.1) is 0 Å². The molecule has 22 heavy (non-hydrogen) atoms. The second-order valence-electron chi connectivity index (χ2n) is 5.43. The summed E-state index contributed by atoms with van der Waals surface area (Å²) in [6.07, 6.45) is 7.49. The number of pyridine rings is 1. The van der Waals surface area contributed by atoms with Gasteiger partial charge in [0.25, 0.3) is 5.91 Å². The van der Waals surface area contributed by atoms with Crippen LogP contribution in [0.4, 0.5) is 5.82 Å². The highest BCUT2D eigenvalue weighted by Gasteiger charge is 2.07. The van der Waals surface area contributed by atoms with Crippen molar-refractivity contribution in [1.82, 2.24) is 20.3 Å². The standard InChI is InChI=1S/C16H21N5O/c1-12(2)3-8-18-16(22)14-10-21-15(11-19-14)20-9-13-4-6-17-7-5-13/h4-7,10-12H,3,8-9H2,1-2H3,(H,18,22)(H,20,21). The van der Waals surface area contributed by atoms with Gasteiger partial charge in [-0.1, -0.05) is 13.8 Å². The molecule has 2 N–H and O–H groups in total. The highest BCUT2D eigenvalue weighted by atomic mass is 16.1. The first-order chi connectivity index (χ1) is 10.6. The van der Waals surface area contributed by atoms with Crippen LogP contribution in [-0.4, -0.2) is 27.4 Å². The normalized spacial score (nSPS) is 10.5. The van der Waals surface area contributed by atoms with Crippen molar-refractivity contribution in [1.29, 1.82) is 0 Å². The Labute approximate surface area is 130 Å². The number of nitrogens with one attached hydrogen (secondary N) is 2. The minimum atomic E-state index is -0.186. The average Bonchev–Trinajstić information content (AvgIpc) is 2.54. The number of anilines is 1. The van der Waals surface area contributed by atoms with Crippen LogP contribution < -0.4 is 10.6 Å². The van der Waals surface area contributed by atoms with Crippen LogP contribution in [-0.2, 0) is 6.54 Å². The molecule has 6 nitrogen and oxygen atoms in total. The molecule has 0 saturated carbocycles. The van der Waals surface area contributed by atoms with Crippen LogP contribution in [0.3, 0.4) is 0 Å². The molecule has 0 aromatic carbocycles. The van der Waals surface area contributed by atoms with E-state index in [1.165, 1.54) is 6.20 Å². The van der Waals surface area contributed by atoms with Crippen molar-refractivity contribution >= 4 is 11.7 Å². The van der Waals surface area contributed by atoms with Gasteiger partial charge in [0.1, 0.15) is 11.5 Å². The predicted molar refractivity (Wildman–Crippen MR) is 85.4 cm³/mol. The number of amides is 1. The summed E-state index contributed by atoms with van der Waals surface area (Å²) in [5.74, 6) is 1.01. The van der Waals surface area contributed by atoms with E-state index < -0.39 is 0 Å². The molecule has 0 unspecified atom stereocenters. The summed E-state index contributed by atoms with van der Waals surface area (Å²) in [6.45, 7) is 5.53. The number of carbonyl (C=O) groups excluding carboxylic acids is 1. The molecule has 2 aromatic heterocycles. The first-order valence-corrected chi connectivity index (χ1v) is 7.38. The summed E-state index contributed by atoms with van der Waals surface area (Å²) in [7, 11) is 0. The monoisotopic (exact) mass is 299 g/mol. The summed E-state index contributed by atoms with van der Waals surface area (Å²) in [5, 5.41) is 5.99. The molecule has 0 aliphatic heterocycles. The molecular formula is C16H21N5O. The molecule has 0 aliphatic rings. The second kappa shape index (κ2) is 8.07. The van der Waals surface area contributed by atoms with Crippen LogP contribution in [0.5, 0.6) is 0 Å². The average molecular weight is 299 g/mol. The van der Waals surface area contributed by atoms with E-state index in [1.807, 2.05) is 12.1 Å². The molecule has 0 saturated heterocycles. The Balaban J connectivity index is 1.83. The van der Waals surface area contributed by atoms with E-state index in [0.717, 1.165) is 12.0 Å². The first-order valence-electron chi connectivity index (χ1n) is 7.38. The van der Waals surface area contributed by atoms with Gasteiger partial charge in [0.15, 0.2) is 0 Å². The smallest absolute Gasteiger partial charge is 0.271 e. The fraction of sp³-hybridized carbons (Fsp3) is 0.375.